The van der Waals surface area contributed by atoms with Gasteiger partial charge in [-0.1, -0.05) is 31.2 Å². The summed E-state index contributed by atoms with van der Waals surface area (Å²) in [5.41, 5.74) is 2.55. The molecule has 1 aromatic rings. The average molecular weight is 247 g/mol. The summed E-state index contributed by atoms with van der Waals surface area (Å²) in [7, 11) is 0. The third kappa shape index (κ3) is 3.10. The predicted octanol–water partition coefficient (Wildman–Crippen LogP) is 1.63. The van der Waals surface area contributed by atoms with Gasteiger partial charge in [0.2, 0.25) is 5.91 Å². The van der Waals surface area contributed by atoms with Crippen LogP contribution in [0.4, 0.5) is 0 Å². The molecular formula is C15H21NO2. The highest BCUT2D eigenvalue weighted by atomic mass is 16.3. The molecule has 3 heteroatoms. The normalized spacial score (nSPS) is 15.6. The van der Waals surface area contributed by atoms with Gasteiger partial charge in [0, 0.05) is 32.0 Å². The number of hydrogen-bond donors (Lipinski definition) is 1. The second-order valence-corrected chi connectivity index (χ2v) is 5.02. The van der Waals surface area contributed by atoms with Crippen molar-refractivity contribution in [3.63, 3.8) is 0 Å². The summed E-state index contributed by atoms with van der Waals surface area (Å²) < 4.78 is 0. The molecule has 3 nitrogen and oxygen atoms in total. The molecule has 2 rings (SSSR count). The van der Waals surface area contributed by atoms with Crippen molar-refractivity contribution in [2.45, 2.75) is 26.2 Å². The summed E-state index contributed by atoms with van der Waals surface area (Å²) in [6.07, 6.45) is 2.43. The molecule has 1 aliphatic rings. The lowest BCUT2D eigenvalue weighted by Gasteiger charge is -2.38. The summed E-state index contributed by atoms with van der Waals surface area (Å²) in [6.45, 7) is 3.79. The minimum absolute atomic E-state index is 0.197. The molecule has 18 heavy (non-hydrogen) atoms. The lowest BCUT2D eigenvalue weighted by atomic mass is 10.00. The summed E-state index contributed by atoms with van der Waals surface area (Å²) in [5.74, 6) is 0.511. The van der Waals surface area contributed by atoms with Gasteiger partial charge in [-0.2, -0.15) is 0 Å². The topological polar surface area (TPSA) is 40.5 Å². The first kappa shape index (κ1) is 13.1. The number of amides is 1. The Hall–Kier alpha value is -1.35. The highest BCUT2D eigenvalue weighted by Crippen LogP contribution is 2.16. The Labute approximate surface area is 108 Å². The van der Waals surface area contributed by atoms with Crippen LogP contribution in [-0.2, 0) is 17.6 Å². The summed E-state index contributed by atoms with van der Waals surface area (Å²) in [5, 5.41) is 8.90. The molecule has 0 atom stereocenters. The molecule has 0 unspecified atom stereocenters. The van der Waals surface area contributed by atoms with Gasteiger partial charge in [-0.05, 0) is 24.0 Å². The summed E-state index contributed by atoms with van der Waals surface area (Å²) in [6, 6.07) is 8.48. The molecule has 1 aliphatic heterocycles. The predicted molar refractivity (Wildman–Crippen MR) is 71.3 cm³/mol. The zero-order valence-electron chi connectivity index (χ0n) is 10.9. The van der Waals surface area contributed by atoms with Crippen LogP contribution in [0.5, 0.6) is 0 Å². The van der Waals surface area contributed by atoms with E-state index in [1.807, 2.05) is 4.90 Å². The van der Waals surface area contributed by atoms with E-state index in [0.717, 1.165) is 25.9 Å². The molecule has 1 fully saturated rings. The monoisotopic (exact) mass is 247 g/mol. The van der Waals surface area contributed by atoms with E-state index in [0.29, 0.717) is 12.3 Å². The highest BCUT2D eigenvalue weighted by Gasteiger charge is 2.29. The number of aliphatic hydroxyl groups excluding tert-OH is 1. The molecule has 0 aliphatic carbocycles. The third-order valence-corrected chi connectivity index (χ3v) is 3.63. The first-order valence-corrected chi connectivity index (χ1v) is 6.69. The Morgan fingerprint density at radius 2 is 1.89 bits per heavy atom. The zero-order chi connectivity index (χ0) is 13.0. The number of aliphatic hydroxyl groups is 1. The van der Waals surface area contributed by atoms with Crippen molar-refractivity contribution in [3.05, 3.63) is 35.4 Å². The fourth-order valence-corrected chi connectivity index (χ4v) is 2.24. The van der Waals surface area contributed by atoms with Crippen LogP contribution in [-0.4, -0.2) is 35.6 Å². The standard InChI is InChI=1S/C15H21NO2/c1-2-12-3-5-13(6-4-12)7-8-15(18)16-9-14(10-16)11-17/h3-6,14,17H,2,7-11H2,1H3. The maximum absolute atomic E-state index is 11.8. The van der Waals surface area contributed by atoms with E-state index in [1.54, 1.807) is 0 Å². The molecule has 1 saturated heterocycles. The van der Waals surface area contributed by atoms with Crippen LogP contribution in [0, 0.1) is 5.92 Å². The second-order valence-electron chi connectivity index (χ2n) is 5.02. The molecule has 1 heterocycles. The van der Waals surface area contributed by atoms with Crippen LogP contribution in [0.15, 0.2) is 24.3 Å². The molecule has 1 aromatic carbocycles. The second kappa shape index (κ2) is 6.01. The van der Waals surface area contributed by atoms with Crippen molar-refractivity contribution in [3.8, 4) is 0 Å². The van der Waals surface area contributed by atoms with Gasteiger partial charge in [-0.25, -0.2) is 0 Å². The fraction of sp³-hybridized carbons (Fsp3) is 0.533. The van der Waals surface area contributed by atoms with Crippen LogP contribution in [0.2, 0.25) is 0 Å². The van der Waals surface area contributed by atoms with E-state index >= 15 is 0 Å². The van der Waals surface area contributed by atoms with E-state index < -0.39 is 0 Å². The number of rotatable bonds is 5. The first-order valence-electron chi connectivity index (χ1n) is 6.69. The number of nitrogens with zero attached hydrogens (tertiary/aromatic N) is 1. The van der Waals surface area contributed by atoms with Crippen LogP contribution in [0.25, 0.3) is 0 Å². The summed E-state index contributed by atoms with van der Waals surface area (Å²) in [4.78, 5) is 13.7. The lowest BCUT2D eigenvalue weighted by Crippen LogP contribution is -2.51. The van der Waals surface area contributed by atoms with Gasteiger partial charge in [0.05, 0.1) is 0 Å². The Balaban J connectivity index is 1.75. The number of carbonyl (C=O) groups is 1. The third-order valence-electron chi connectivity index (χ3n) is 3.63. The number of likely N-dealkylation sites (tertiary alicyclic amines) is 1. The van der Waals surface area contributed by atoms with Crippen molar-refractivity contribution >= 4 is 5.91 Å². The van der Waals surface area contributed by atoms with Gasteiger partial charge in [0.15, 0.2) is 0 Å². The van der Waals surface area contributed by atoms with E-state index in [2.05, 4.69) is 31.2 Å². The van der Waals surface area contributed by atoms with Crippen molar-refractivity contribution in [1.29, 1.82) is 0 Å². The van der Waals surface area contributed by atoms with E-state index in [4.69, 9.17) is 5.11 Å². The molecule has 0 radical (unpaired) electrons. The summed E-state index contributed by atoms with van der Waals surface area (Å²) >= 11 is 0. The van der Waals surface area contributed by atoms with Crippen molar-refractivity contribution in [2.75, 3.05) is 19.7 Å². The molecule has 1 amide bonds. The molecule has 98 valence electrons. The Bertz CT molecular complexity index is 393. The van der Waals surface area contributed by atoms with Gasteiger partial charge in [-0.15, -0.1) is 0 Å². The minimum Gasteiger partial charge on any atom is -0.396 e. The number of aryl methyl sites for hydroxylation is 2. The molecule has 0 aromatic heterocycles. The van der Waals surface area contributed by atoms with Gasteiger partial charge in [0.1, 0.15) is 0 Å². The molecule has 0 spiro atoms. The molecule has 1 N–H and O–H groups in total. The van der Waals surface area contributed by atoms with Gasteiger partial charge >= 0.3 is 0 Å². The highest BCUT2D eigenvalue weighted by molar-refractivity contribution is 5.77. The smallest absolute Gasteiger partial charge is 0.222 e. The molecular weight excluding hydrogens is 226 g/mol. The minimum atomic E-state index is 0.197. The lowest BCUT2D eigenvalue weighted by molar-refractivity contribution is -0.138. The van der Waals surface area contributed by atoms with Gasteiger partial charge in [-0.3, -0.25) is 4.79 Å². The fourth-order valence-electron chi connectivity index (χ4n) is 2.24. The number of hydrogen-bond acceptors (Lipinski definition) is 2. The van der Waals surface area contributed by atoms with Gasteiger partial charge in [0.25, 0.3) is 0 Å². The quantitative estimate of drug-likeness (QED) is 0.859. The average Bonchev–Trinajstić information content (AvgIpc) is 2.36. The van der Waals surface area contributed by atoms with Crippen LogP contribution < -0.4 is 0 Å². The van der Waals surface area contributed by atoms with E-state index in [9.17, 15) is 4.79 Å². The van der Waals surface area contributed by atoms with Gasteiger partial charge < -0.3 is 10.0 Å². The maximum Gasteiger partial charge on any atom is 0.222 e. The zero-order valence-corrected chi connectivity index (χ0v) is 10.9. The molecule has 0 saturated carbocycles. The van der Waals surface area contributed by atoms with E-state index in [1.165, 1.54) is 11.1 Å². The van der Waals surface area contributed by atoms with Crippen LogP contribution in [0.3, 0.4) is 0 Å². The Morgan fingerprint density at radius 3 is 2.44 bits per heavy atom. The van der Waals surface area contributed by atoms with Crippen molar-refractivity contribution in [2.24, 2.45) is 5.92 Å². The molecule has 0 bridgehead atoms. The van der Waals surface area contributed by atoms with Crippen LogP contribution >= 0.6 is 0 Å². The SMILES string of the molecule is CCc1ccc(CCC(=O)N2CC(CO)C2)cc1. The number of benzene rings is 1. The Kier molecular flexibility index (Phi) is 4.37. The number of carbonyl (C=O) groups excluding carboxylic acids is 1. The van der Waals surface area contributed by atoms with E-state index in [-0.39, 0.29) is 12.5 Å². The Morgan fingerprint density at radius 1 is 1.28 bits per heavy atom. The van der Waals surface area contributed by atoms with Crippen molar-refractivity contribution < 1.29 is 9.90 Å². The first-order chi connectivity index (χ1) is 8.72. The largest absolute Gasteiger partial charge is 0.396 e. The maximum atomic E-state index is 11.8. The van der Waals surface area contributed by atoms with Crippen molar-refractivity contribution in [1.82, 2.24) is 4.90 Å². The van der Waals surface area contributed by atoms with Crippen LogP contribution in [0.1, 0.15) is 24.5 Å².